The van der Waals surface area contributed by atoms with Crippen molar-refractivity contribution in [2.75, 3.05) is 23.4 Å². The summed E-state index contributed by atoms with van der Waals surface area (Å²) in [6.45, 7) is 4.60. The van der Waals surface area contributed by atoms with Crippen LogP contribution in [0.15, 0.2) is 42.5 Å². The number of aromatic nitrogens is 3. The summed E-state index contributed by atoms with van der Waals surface area (Å²) in [6, 6.07) is 12.2. The quantitative estimate of drug-likeness (QED) is 0.706. The molecule has 1 aromatic carbocycles. The third-order valence-electron chi connectivity index (χ3n) is 4.45. The topological polar surface area (TPSA) is 89.4 Å². The molecule has 2 amide bonds. The first-order valence-electron chi connectivity index (χ1n) is 8.98. The van der Waals surface area contributed by atoms with E-state index in [2.05, 4.69) is 15.4 Å². The van der Waals surface area contributed by atoms with Gasteiger partial charge in [0.05, 0.1) is 17.3 Å². The zero-order chi connectivity index (χ0) is 20.5. The number of aryl methyl sites for hydroxylation is 2. The van der Waals surface area contributed by atoms with Gasteiger partial charge in [0.2, 0.25) is 0 Å². The van der Waals surface area contributed by atoms with E-state index in [1.54, 1.807) is 41.1 Å². The first-order valence-corrected chi connectivity index (χ1v) is 9.36. The summed E-state index contributed by atoms with van der Waals surface area (Å²) in [6.07, 6.45) is -0.407. The highest BCUT2D eigenvalue weighted by Gasteiger charge is 2.24. The number of nitrogens with one attached hydrogen (secondary N) is 1. The standard InChI is InChI=1S/C20H18ClN5O3/c1-12-10-13(2)26(24-12)17-7-6-16(21)18(23-17)19(27)22-14-4-3-5-15(11-14)25-8-9-29-20(25)28/h3-7,10-11H,8-9H2,1-2H3,(H,22,27). The molecule has 0 radical (unpaired) electrons. The van der Waals surface area contributed by atoms with Crippen molar-refractivity contribution in [1.29, 1.82) is 0 Å². The Labute approximate surface area is 172 Å². The van der Waals surface area contributed by atoms with Gasteiger partial charge in [-0.05, 0) is 50.2 Å². The number of ether oxygens (including phenoxy) is 1. The first-order chi connectivity index (χ1) is 13.9. The molecular formula is C20H18ClN5O3. The Morgan fingerprint density at radius 1 is 1.21 bits per heavy atom. The van der Waals surface area contributed by atoms with Crippen molar-refractivity contribution < 1.29 is 14.3 Å². The summed E-state index contributed by atoms with van der Waals surface area (Å²) >= 11 is 6.22. The summed E-state index contributed by atoms with van der Waals surface area (Å²) < 4.78 is 6.61. The van der Waals surface area contributed by atoms with Crippen molar-refractivity contribution in [2.45, 2.75) is 13.8 Å². The highest BCUT2D eigenvalue weighted by Crippen LogP contribution is 2.24. The smallest absolute Gasteiger partial charge is 0.414 e. The minimum absolute atomic E-state index is 0.0858. The number of benzene rings is 1. The maximum absolute atomic E-state index is 12.8. The van der Waals surface area contributed by atoms with Crippen LogP contribution >= 0.6 is 11.6 Å². The molecule has 29 heavy (non-hydrogen) atoms. The molecule has 0 atom stereocenters. The van der Waals surface area contributed by atoms with Crippen molar-refractivity contribution >= 4 is 35.0 Å². The Balaban J connectivity index is 1.60. The van der Waals surface area contributed by atoms with E-state index >= 15 is 0 Å². The van der Waals surface area contributed by atoms with E-state index in [9.17, 15) is 9.59 Å². The molecule has 1 saturated heterocycles. The fourth-order valence-electron chi connectivity index (χ4n) is 3.14. The molecule has 4 rings (SSSR count). The van der Waals surface area contributed by atoms with E-state index < -0.39 is 12.0 Å². The summed E-state index contributed by atoms with van der Waals surface area (Å²) in [5, 5.41) is 7.40. The summed E-state index contributed by atoms with van der Waals surface area (Å²) in [5.74, 6) is 0.0400. The lowest BCUT2D eigenvalue weighted by atomic mass is 10.2. The molecule has 3 heterocycles. The van der Waals surface area contributed by atoms with E-state index in [4.69, 9.17) is 16.3 Å². The number of hydrogen-bond donors (Lipinski definition) is 1. The van der Waals surface area contributed by atoms with Crippen LogP contribution < -0.4 is 10.2 Å². The van der Waals surface area contributed by atoms with Gasteiger partial charge in [-0.1, -0.05) is 17.7 Å². The minimum atomic E-state index is -0.459. The van der Waals surface area contributed by atoms with Gasteiger partial charge in [0.15, 0.2) is 5.82 Å². The van der Waals surface area contributed by atoms with E-state index in [1.165, 1.54) is 4.90 Å². The van der Waals surface area contributed by atoms with Crippen LogP contribution in [0.2, 0.25) is 5.02 Å². The molecule has 2 aromatic heterocycles. The molecule has 0 aliphatic carbocycles. The van der Waals surface area contributed by atoms with Crippen molar-refractivity contribution in [3.8, 4) is 5.82 Å². The van der Waals surface area contributed by atoms with Gasteiger partial charge in [0, 0.05) is 17.1 Å². The molecular weight excluding hydrogens is 394 g/mol. The van der Waals surface area contributed by atoms with Gasteiger partial charge in [-0.25, -0.2) is 14.5 Å². The predicted octanol–water partition coefficient (Wildman–Crippen LogP) is 3.75. The summed E-state index contributed by atoms with van der Waals surface area (Å²) in [7, 11) is 0. The second-order valence-corrected chi connectivity index (χ2v) is 7.02. The Bertz CT molecular complexity index is 1110. The SMILES string of the molecule is Cc1cc(C)n(-c2ccc(Cl)c(C(=O)Nc3cccc(N4CCOC4=O)c3)n2)n1. The molecule has 0 bridgehead atoms. The number of anilines is 2. The largest absolute Gasteiger partial charge is 0.447 e. The molecule has 1 aliphatic rings. The van der Waals surface area contributed by atoms with Crippen molar-refractivity contribution in [3.63, 3.8) is 0 Å². The Morgan fingerprint density at radius 3 is 2.72 bits per heavy atom. The molecule has 0 spiro atoms. The lowest BCUT2D eigenvalue weighted by molar-refractivity contribution is 0.102. The fourth-order valence-corrected chi connectivity index (χ4v) is 3.33. The van der Waals surface area contributed by atoms with Gasteiger partial charge in [-0.2, -0.15) is 5.10 Å². The van der Waals surface area contributed by atoms with Crippen molar-refractivity contribution in [1.82, 2.24) is 14.8 Å². The maximum atomic E-state index is 12.8. The second-order valence-electron chi connectivity index (χ2n) is 6.61. The summed E-state index contributed by atoms with van der Waals surface area (Å²) in [5.41, 5.74) is 2.99. The molecule has 9 heteroatoms. The number of pyridine rings is 1. The Hall–Kier alpha value is -3.39. The van der Waals surface area contributed by atoms with E-state index in [-0.39, 0.29) is 10.7 Å². The van der Waals surface area contributed by atoms with Gasteiger partial charge in [-0.3, -0.25) is 9.69 Å². The van der Waals surface area contributed by atoms with Crippen molar-refractivity contribution in [3.05, 3.63) is 64.6 Å². The third-order valence-corrected chi connectivity index (χ3v) is 4.75. The van der Waals surface area contributed by atoms with Gasteiger partial charge >= 0.3 is 6.09 Å². The number of rotatable bonds is 4. The van der Waals surface area contributed by atoms with Gasteiger partial charge in [0.25, 0.3) is 5.91 Å². The second kappa shape index (κ2) is 7.56. The monoisotopic (exact) mass is 411 g/mol. The molecule has 1 aliphatic heterocycles. The minimum Gasteiger partial charge on any atom is -0.447 e. The normalized spacial score (nSPS) is 13.5. The first kappa shape index (κ1) is 18.9. The predicted molar refractivity (Wildman–Crippen MR) is 109 cm³/mol. The molecule has 1 N–H and O–H groups in total. The van der Waals surface area contributed by atoms with Crippen LogP contribution in [0, 0.1) is 13.8 Å². The molecule has 0 unspecified atom stereocenters. The zero-order valence-corrected chi connectivity index (χ0v) is 16.6. The Morgan fingerprint density at radius 2 is 2.03 bits per heavy atom. The van der Waals surface area contributed by atoms with E-state index in [1.807, 2.05) is 19.9 Å². The highest BCUT2D eigenvalue weighted by atomic mass is 35.5. The maximum Gasteiger partial charge on any atom is 0.414 e. The van der Waals surface area contributed by atoms with Gasteiger partial charge in [-0.15, -0.1) is 0 Å². The fraction of sp³-hybridized carbons (Fsp3) is 0.200. The average molecular weight is 412 g/mol. The van der Waals surface area contributed by atoms with Crippen LogP contribution in [0.1, 0.15) is 21.9 Å². The molecule has 3 aromatic rings. The highest BCUT2D eigenvalue weighted by molar-refractivity contribution is 6.34. The number of hydrogen-bond acceptors (Lipinski definition) is 5. The van der Waals surface area contributed by atoms with Crippen LogP contribution in [-0.2, 0) is 4.74 Å². The lowest BCUT2D eigenvalue weighted by Crippen LogP contribution is -2.23. The number of amides is 2. The van der Waals surface area contributed by atoms with E-state index in [0.29, 0.717) is 30.3 Å². The van der Waals surface area contributed by atoms with Crippen LogP contribution in [0.3, 0.4) is 0 Å². The molecule has 8 nitrogen and oxygen atoms in total. The number of cyclic esters (lactones) is 1. The molecule has 1 fully saturated rings. The zero-order valence-electron chi connectivity index (χ0n) is 15.8. The van der Waals surface area contributed by atoms with Gasteiger partial charge < -0.3 is 10.1 Å². The van der Waals surface area contributed by atoms with Crippen LogP contribution in [-0.4, -0.2) is 39.9 Å². The third kappa shape index (κ3) is 3.79. The number of carbonyl (C=O) groups is 2. The van der Waals surface area contributed by atoms with Crippen molar-refractivity contribution in [2.24, 2.45) is 0 Å². The van der Waals surface area contributed by atoms with Gasteiger partial charge in [0.1, 0.15) is 12.3 Å². The number of nitrogens with zero attached hydrogens (tertiary/aromatic N) is 4. The lowest BCUT2D eigenvalue weighted by Gasteiger charge is -2.14. The number of carbonyl (C=O) groups excluding carboxylic acids is 2. The van der Waals surface area contributed by atoms with Crippen LogP contribution in [0.5, 0.6) is 0 Å². The summed E-state index contributed by atoms with van der Waals surface area (Å²) in [4.78, 5) is 30.5. The van der Waals surface area contributed by atoms with Crippen LogP contribution in [0.25, 0.3) is 5.82 Å². The average Bonchev–Trinajstić information content (AvgIpc) is 3.27. The van der Waals surface area contributed by atoms with E-state index in [0.717, 1.165) is 11.4 Å². The van der Waals surface area contributed by atoms with Crippen LogP contribution in [0.4, 0.5) is 16.2 Å². The molecule has 0 saturated carbocycles. The molecule has 148 valence electrons. The number of halogens is 1. The Kier molecular flexibility index (Phi) is 4.94.